The molecule has 0 spiro atoms. The second-order valence-electron chi connectivity index (χ2n) is 14.9. The number of nitrogens with one attached hydrogen (secondary N) is 4. The molecule has 53 heavy (non-hydrogen) atoms. The van der Waals surface area contributed by atoms with Crippen molar-refractivity contribution in [1.29, 1.82) is 0 Å². The van der Waals surface area contributed by atoms with Gasteiger partial charge in [0.05, 0.1) is 4.88 Å². The molecule has 0 atom stereocenters. The lowest BCUT2D eigenvalue weighted by molar-refractivity contribution is 0.0543. The summed E-state index contributed by atoms with van der Waals surface area (Å²) < 4.78 is 15.8. The zero-order chi connectivity index (χ0) is 39.6. The van der Waals surface area contributed by atoms with E-state index in [1.54, 1.807) is 79.3 Å². The Balaban J connectivity index is 1.60. The molecule has 0 saturated carbocycles. The first kappa shape index (κ1) is 42.0. The maximum atomic E-state index is 13.1. The van der Waals surface area contributed by atoms with E-state index in [1.165, 1.54) is 11.3 Å². The number of thiophene rings is 1. The molecule has 17 heteroatoms. The summed E-state index contributed by atoms with van der Waals surface area (Å²) in [5, 5.41) is 20.8. The Kier molecular flexibility index (Phi) is 14.1. The van der Waals surface area contributed by atoms with Crippen molar-refractivity contribution in [3.8, 4) is 0 Å². The maximum Gasteiger partial charge on any atom is 0.437 e. The minimum atomic E-state index is -1.38. The Morgan fingerprint density at radius 2 is 1.45 bits per heavy atom. The molecular weight excluding hydrogens is 707 g/mol. The number of amides is 5. The van der Waals surface area contributed by atoms with Crippen LogP contribution in [0.5, 0.6) is 0 Å². The van der Waals surface area contributed by atoms with Crippen molar-refractivity contribution in [2.24, 2.45) is 9.98 Å². The van der Waals surface area contributed by atoms with Crippen molar-refractivity contribution in [1.82, 2.24) is 20.9 Å². The minimum Gasteiger partial charge on any atom is -0.465 e. The van der Waals surface area contributed by atoms with Gasteiger partial charge in [0.2, 0.25) is 11.9 Å². The van der Waals surface area contributed by atoms with Crippen LogP contribution in [0.4, 0.5) is 24.9 Å². The van der Waals surface area contributed by atoms with Crippen LogP contribution in [0.1, 0.15) is 89.5 Å². The first-order valence-electron chi connectivity index (χ1n) is 16.8. The fraction of sp³-hybridized carbons (Fsp3) is 0.472. The number of aliphatic imine (C=N–C) groups is 2. The van der Waals surface area contributed by atoms with E-state index < -0.39 is 41.2 Å². The van der Waals surface area contributed by atoms with Crippen molar-refractivity contribution in [3.05, 3.63) is 57.8 Å². The number of hydrogen-bond donors (Lipinski definition) is 5. The zero-order valence-electron chi connectivity index (χ0n) is 31.5. The molecule has 1 aliphatic rings. The predicted octanol–water partition coefficient (Wildman–Crippen LogP) is 6.60. The summed E-state index contributed by atoms with van der Waals surface area (Å²) in [6.45, 7) is 16.3. The average Bonchev–Trinajstić information content (AvgIpc) is 3.49. The Labute approximate surface area is 313 Å². The van der Waals surface area contributed by atoms with Crippen molar-refractivity contribution in [2.45, 2.75) is 92.0 Å². The summed E-state index contributed by atoms with van der Waals surface area (Å²) in [5.74, 6) is -0.509. The smallest absolute Gasteiger partial charge is 0.437 e. The lowest BCUT2D eigenvalue weighted by Crippen LogP contribution is -2.48. The molecule has 5 N–H and O–H groups in total. The van der Waals surface area contributed by atoms with Gasteiger partial charge in [-0.2, -0.15) is 0 Å². The number of rotatable bonds is 6. The van der Waals surface area contributed by atoms with Gasteiger partial charge >= 0.3 is 24.4 Å². The van der Waals surface area contributed by atoms with Gasteiger partial charge in [0.15, 0.2) is 0 Å². The average molecular weight is 756 g/mol. The topological polar surface area (TPSA) is 209 Å². The maximum absolute atomic E-state index is 13.1. The summed E-state index contributed by atoms with van der Waals surface area (Å²) in [4.78, 5) is 71.7. The van der Waals surface area contributed by atoms with Gasteiger partial charge in [-0.05, 0) is 115 Å². The van der Waals surface area contributed by atoms with Crippen LogP contribution in [0.25, 0.3) is 5.57 Å². The van der Waals surface area contributed by atoms with Gasteiger partial charge in [0, 0.05) is 25.3 Å². The van der Waals surface area contributed by atoms with Gasteiger partial charge in [0.1, 0.15) is 16.8 Å². The number of carboxylic acid groups (broad SMARTS) is 1. The van der Waals surface area contributed by atoms with E-state index in [0.717, 1.165) is 16.7 Å². The van der Waals surface area contributed by atoms with Crippen LogP contribution in [-0.4, -0.2) is 88.6 Å². The normalized spacial score (nSPS) is 14.1. The third kappa shape index (κ3) is 15.8. The number of carbonyl (C=O) groups is 5. The van der Waals surface area contributed by atoms with Gasteiger partial charge in [0.25, 0.3) is 5.91 Å². The minimum absolute atomic E-state index is 0.0167. The Hall–Kier alpha value is -5.45. The number of ether oxygens (including phenoxy) is 3. The number of carbonyl (C=O) groups excluding carboxylic acids is 4. The fourth-order valence-corrected chi connectivity index (χ4v) is 5.37. The molecule has 0 radical (unpaired) electrons. The molecule has 16 nitrogen and oxygen atoms in total. The largest absolute Gasteiger partial charge is 0.465 e. The van der Waals surface area contributed by atoms with Crippen LogP contribution in [0, 0.1) is 0 Å². The van der Waals surface area contributed by atoms with Crippen LogP contribution in [0.2, 0.25) is 0 Å². The lowest BCUT2D eigenvalue weighted by atomic mass is 10.0. The van der Waals surface area contributed by atoms with E-state index in [9.17, 15) is 24.0 Å². The molecule has 0 fully saturated rings. The van der Waals surface area contributed by atoms with Gasteiger partial charge in [-0.3, -0.25) is 25.7 Å². The second-order valence-corrected chi connectivity index (χ2v) is 15.8. The van der Waals surface area contributed by atoms with Gasteiger partial charge in [-0.25, -0.2) is 19.2 Å². The highest BCUT2D eigenvalue weighted by Crippen LogP contribution is 2.28. The van der Waals surface area contributed by atoms with Crippen molar-refractivity contribution < 1.29 is 43.3 Å². The first-order chi connectivity index (χ1) is 24.5. The number of anilines is 1. The summed E-state index contributed by atoms with van der Waals surface area (Å²) in [7, 11) is 0. The molecule has 1 aromatic heterocycles. The molecule has 2 heterocycles. The van der Waals surface area contributed by atoms with Crippen LogP contribution < -0.4 is 21.3 Å². The fourth-order valence-electron chi connectivity index (χ4n) is 4.55. The number of nitrogens with zero attached hydrogens (tertiary/aromatic N) is 3. The summed E-state index contributed by atoms with van der Waals surface area (Å²) in [6, 6.07) is 8.94. The lowest BCUT2D eigenvalue weighted by Gasteiger charge is -2.30. The van der Waals surface area contributed by atoms with Gasteiger partial charge in [-0.1, -0.05) is 18.2 Å². The number of alkyl carbamates (subject to hydrolysis) is 2. The summed E-state index contributed by atoms with van der Waals surface area (Å²) in [6.07, 6.45) is -0.879. The van der Waals surface area contributed by atoms with Crippen LogP contribution in [0.15, 0.2) is 51.8 Å². The third-order valence-electron chi connectivity index (χ3n) is 6.63. The van der Waals surface area contributed by atoms with Crippen LogP contribution in [-0.2, 0) is 20.6 Å². The summed E-state index contributed by atoms with van der Waals surface area (Å²) in [5.41, 5.74) is 1.05. The molecule has 0 unspecified atom stereocenters. The number of guanidine groups is 2. The SMILES string of the molecule is CC(C)(C)OC(=O)N=C(NC(=O)OC(C)(C)C)N1CC=C(c2csc(C(=O)Nc3ccc(CCN=C(NC(=O)O)NC(=O)OC(C)(C)C)cc3)c2)CC1. The molecule has 288 valence electrons. The number of benzene rings is 1. The monoisotopic (exact) mass is 755 g/mol. The van der Waals surface area contributed by atoms with E-state index in [4.69, 9.17) is 19.3 Å². The van der Waals surface area contributed by atoms with Crippen molar-refractivity contribution >= 4 is 64.8 Å². The molecule has 3 rings (SSSR count). The molecule has 2 aromatic rings. The van der Waals surface area contributed by atoms with Gasteiger partial charge in [-0.15, -0.1) is 16.3 Å². The molecule has 0 bridgehead atoms. The molecular formula is C36H49N7O9S. The number of hydrogen-bond acceptors (Lipinski definition) is 10. The van der Waals surface area contributed by atoms with E-state index in [0.29, 0.717) is 36.5 Å². The Morgan fingerprint density at radius 3 is 2.00 bits per heavy atom. The molecule has 1 aromatic carbocycles. The van der Waals surface area contributed by atoms with Crippen molar-refractivity contribution in [3.63, 3.8) is 0 Å². The second kappa shape index (κ2) is 17.9. The van der Waals surface area contributed by atoms with Crippen molar-refractivity contribution in [2.75, 3.05) is 25.0 Å². The molecule has 0 aliphatic carbocycles. The zero-order valence-corrected chi connectivity index (χ0v) is 32.4. The quantitative estimate of drug-likeness (QED) is 0.121. The van der Waals surface area contributed by atoms with E-state index in [2.05, 4.69) is 25.9 Å². The Morgan fingerprint density at radius 1 is 0.849 bits per heavy atom. The standard InChI is InChI=1S/C36H49N7O9S/c1-34(2,3)50-31(47)40-28(39-30(45)46)37-17-14-22-10-12-25(13-11-22)38-27(44)26-20-24(21-53-26)23-15-18-43(19-16-23)29(41-32(48)51-35(4,5)6)42-33(49)52-36(7,8)9/h10-13,15,20-21H,14,16-19H2,1-9H3,(H,38,44)(H,45,46)(H2,37,39,40,47)(H,41,42,48,49). The molecule has 5 amide bonds. The first-order valence-corrected chi connectivity index (χ1v) is 17.7. The Bertz CT molecular complexity index is 1750. The van der Waals surface area contributed by atoms with Crippen LogP contribution >= 0.6 is 11.3 Å². The highest BCUT2D eigenvalue weighted by atomic mass is 32.1. The highest BCUT2D eigenvalue weighted by molar-refractivity contribution is 7.12. The highest BCUT2D eigenvalue weighted by Gasteiger charge is 2.25. The third-order valence-corrected chi connectivity index (χ3v) is 7.56. The predicted molar refractivity (Wildman–Crippen MR) is 202 cm³/mol. The molecule has 1 aliphatic heterocycles. The van der Waals surface area contributed by atoms with Gasteiger partial charge < -0.3 is 29.5 Å². The van der Waals surface area contributed by atoms with E-state index in [1.807, 2.05) is 35.0 Å². The van der Waals surface area contributed by atoms with E-state index in [-0.39, 0.29) is 24.4 Å². The molecule has 0 saturated heterocycles. The van der Waals surface area contributed by atoms with E-state index >= 15 is 0 Å². The summed E-state index contributed by atoms with van der Waals surface area (Å²) >= 11 is 1.31. The van der Waals surface area contributed by atoms with Crippen LogP contribution in [0.3, 0.4) is 0 Å².